The Morgan fingerprint density at radius 1 is 1.09 bits per heavy atom. The van der Waals surface area contributed by atoms with E-state index in [1.54, 1.807) is 18.9 Å². The monoisotopic (exact) mass is 458 g/mol. The van der Waals surface area contributed by atoms with E-state index in [1.807, 2.05) is 24.3 Å². The average molecular weight is 459 g/mol. The number of methoxy groups -OCH3 is 2. The van der Waals surface area contributed by atoms with E-state index in [1.165, 1.54) is 38.4 Å². The first-order chi connectivity index (χ1) is 15.6. The average Bonchev–Trinajstić information content (AvgIpc) is 3.35. The number of ether oxygens (including phenoxy) is 3. The molecule has 0 saturated heterocycles. The fraction of sp³-hybridized carbons (Fsp3) is 0.500. The smallest absolute Gasteiger partial charge is 0.306 e. The molecule has 1 fully saturated rings. The summed E-state index contributed by atoms with van der Waals surface area (Å²) in [6, 6.07) is 14.2. The van der Waals surface area contributed by atoms with Crippen molar-refractivity contribution in [3.63, 3.8) is 0 Å². The Labute approximate surface area is 195 Å². The normalized spacial score (nSPS) is 14.8. The van der Waals surface area contributed by atoms with Gasteiger partial charge in [-0.25, -0.2) is 0 Å². The summed E-state index contributed by atoms with van der Waals surface area (Å²) in [6.45, 7) is 0.421. The van der Waals surface area contributed by atoms with Gasteiger partial charge in [0.1, 0.15) is 18.1 Å². The quantitative estimate of drug-likeness (QED) is 0.351. The molecule has 1 saturated carbocycles. The number of benzene rings is 2. The van der Waals surface area contributed by atoms with Gasteiger partial charge in [-0.2, -0.15) is 11.8 Å². The topological polar surface area (TPSA) is 65.0 Å². The molecule has 0 spiro atoms. The van der Waals surface area contributed by atoms with E-state index in [0.29, 0.717) is 36.9 Å². The van der Waals surface area contributed by atoms with E-state index in [-0.39, 0.29) is 5.97 Å². The van der Waals surface area contributed by atoms with Gasteiger partial charge in [0.15, 0.2) is 0 Å². The van der Waals surface area contributed by atoms with Crippen LogP contribution in [0.4, 0.5) is 0 Å². The molecule has 174 valence electrons. The van der Waals surface area contributed by atoms with E-state index in [0.717, 1.165) is 22.6 Å². The highest BCUT2D eigenvalue weighted by molar-refractivity contribution is 7.99. The summed E-state index contributed by atoms with van der Waals surface area (Å²) in [5.74, 6) is 3.22. The molecule has 5 nitrogen and oxygen atoms in total. The molecule has 0 aromatic heterocycles. The lowest BCUT2D eigenvalue weighted by Crippen LogP contribution is -2.16. The maximum Gasteiger partial charge on any atom is 0.306 e. The molecule has 0 aliphatic heterocycles. The van der Waals surface area contributed by atoms with Gasteiger partial charge in [0.25, 0.3) is 0 Å². The summed E-state index contributed by atoms with van der Waals surface area (Å²) >= 11 is 1.57. The van der Waals surface area contributed by atoms with Crippen molar-refractivity contribution in [2.24, 2.45) is 0 Å². The summed E-state index contributed by atoms with van der Waals surface area (Å²) in [4.78, 5) is 11.3. The van der Waals surface area contributed by atoms with Gasteiger partial charge in [0.2, 0.25) is 0 Å². The zero-order valence-electron chi connectivity index (χ0n) is 19.0. The molecular weight excluding hydrogens is 424 g/mol. The SMILES string of the molecule is COC(=O)CCSCC(O)Cc1cccc(C2CCCC2)c1OCc1ccccc1OC. The molecule has 3 rings (SSSR count). The van der Waals surface area contributed by atoms with Gasteiger partial charge in [-0.1, -0.05) is 49.2 Å². The van der Waals surface area contributed by atoms with Crippen molar-refractivity contribution >= 4 is 17.7 Å². The minimum Gasteiger partial charge on any atom is -0.496 e. The second kappa shape index (κ2) is 12.8. The minimum absolute atomic E-state index is 0.219. The third kappa shape index (κ3) is 6.91. The molecule has 2 aromatic rings. The van der Waals surface area contributed by atoms with Crippen molar-refractivity contribution < 1.29 is 24.1 Å². The van der Waals surface area contributed by atoms with Crippen molar-refractivity contribution in [2.75, 3.05) is 25.7 Å². The highest BCUT2D eigenvalue weighted by Gasteiger charge is 2.23. The number of hydrogen-bond acceptors (Lipinski definition) is 6. The number of para-hydroxylation sites is 2. The predicted molar refractivity (Wildman–Crippen MR) is 129 cm³/mol. The highest BCUT2D eigenvalue weighted by Crippen LogP contribution is 2.41. The number of carbonyl (C=O) groups is 1. The van der Waals surface area contributed by atoms with Crippen LogP contribution >= 0.6 is 11.8 Å². The van der Waals surface area contributed by atoms with Crippen LogP contribution in [0.5, 0.6) is 11.5 Å². The number of aliphatic hydroxyl groups excluding tert-OH is 1. The first-order valence-corrected chi connectivity index (χ1v) is 12.5. The molecule has 0 radical (unpaired) electrons. The van der Waals surface area contributed by atoms with Crippen molar-refractivity contribution in [1.82, 2.24) is 0 Å². The number of esters is 1. The van der Waals surface area contributed by atoms with Crippen LogP contribution in [0.3, 0.4) is 0 Å². The number of aliphatic hydroxyl groups is 1. The molecule has 2 aromatic carbocycles. The van der Waals surface area contributed by atoms with Crippen molar-refractivity contribution in [3.05, 3.63) is 59.2 Å². The molecule has 0 bridgehead atoms. The Balaban J connectivity index is 1.71. The largest absolute Gasteiger partial charge is 0.496 e. The minimum atomic E-state index is -0.509. The molecular formula is C26H34O5S. The third-order valence-electron chi connectivity index (χ3n) is 5.93. The van der Waals surface area contributed by atoms with E-state index >= 15 is 0 Å². The lowest BCUT2D eigenvalue weighted by atomic mass is 9.93. The molecule has 1 N–H and O–H groups in total. The zero-order valence-corrected chi connectivity index (χ0v) is 19.9. The summed E-state index contributed by atoms with van der Waals surface area (Å²) in [5, 5.41) is 10.7. The summed E-state index contributed by atoms with van der Waals surface area (Å²) in [7, 11) is 3.07. The predicted octanol–water partition coefficient (Wildman–Crippen LogP) is 5.13. The molecule has 1 aliphatic carbocycles. The zero-order chi connectivity index (χ0) is 22.8. The van der Waals surface area contributed by atoms with Crippen molar-refractivity contribution in [3.8, 4) is 11.5 Å². The molecule has 1 unspecified atom stereocenters. The van der Waals surface area contributed by atoms with Crippen LogP contribution in [0.2, 0.25) is 0 Å². The van der Waals surface area contributed by atoms with Crippen molar-refractivity contribution in [2.45, 2.75) is 57.2 Å². The lowest BCUT2D eigenvalue weighted by Gasteiger charge is -2.21. The lowest BCUT2D eigenvalue weighted by molar-refractivity contribution is -0.140. The van der Waals surface area contributed by atoms with E-state index in [2.05, 4.69) is 22.9 Å². The molecule has 6 heteroatoms. The number of thioether (sulfide) groups is 1. The Kier molecular flexibility index (Phi) is 9.75. The first kappa shape index (κ1) is 24.5. The van der Waals surface area contributed by atoms with Crippen LogP contribution in [0.1, 0.15) is 54.7 Å². The van der Waals surface area contributed by atoms with Crippen LogP contribution in [-0.4, -0.2) is 42.9 Å². The molecule has 0 heterocycles. The van der Waals surface area contributed by atoms with Crippen LogP contribution < -0.4 is 9.47 Å². The molecule has 0 amide bonds. The molecule has 32 heavy (non-hydrogen) atoms. The van der Waals surface area contributed by atoms with Crippen LogP contribution in [-0.2, 0) is 22.6 Å². The summed E-state index contributed by atoms with van der Waals surface area (Å²) in [5.41, 5.74) is 3.28. The number of carbonyl (C=O) groups excluding carboxylic acids is 1. The van der Waals surface area contributed by atoms with Gasteiger partial charge in [-0.15, -0.1) is 0 Å². The maximum atomic E-state index is 11.3. The third-order valence-corrected chi connectivity index (χ3v) is 7.04. The summed E-state index contributed by atoms with van der Waals surface area (Å²) in [6.07, 6.45) is 5.23. The van der Waals surface area contributed by atoms with Crippen molar-refractivity contribution in [1.29, 1.82) is 0 Å². The fourth-order valence-electron chi connectivity index (χ4n) is 4.26. The second-order valence-corrected chi connectivity index (χ2v) is 9.33. The van der Waals surface area contributed by atoms with E-state index in [9.17, 15) is 9.90 Å². The number of rotatable bonds is 12. The number of hydrogen-bond donors (Lipinski definition) is 1. The Hall–Kier alpha value is -2.18. The molecule has 1 atom stereocenters. The van der Waals surface area contributed by atoms with Crippen LogP contribution in [0, 0.1) is 0 Å². The standard InChI is InChI=1S/C26H34O5S/c1-29-24-13-6-5-10-21(24)17-31-26-20(11-7-12-23(26)19-8-3-4-9-19)16-22(27)18-32-15-14-25(28)30-2/h5-7,10-13,19,22,27H,3-4,8-9,14-18H2,1-2H3. The first-order valence-electron chi connectivity index (χ1n) is 11.3. The molecule has 1 aliphatic rings. The summed E-state index contributed by atoms with van der Waals surface area (Å²) < 4.78 is 16.6. The van der Waals surface area contributed by atoms with Crippen LogP contribution in [0.25, 0.3) is 0 Å². The second-order valence-electron chi connectivity index (χ2n) is 8.18. The van der Waals surface area contributed by atoms with Gasteiger partial charge in [0, 0.05) is 23.5 Å². The maximum absolute atomic E-state index is 11.3. The van der Waals surface area contributed by atoms with E-state index in [4.69, 9.17) is 9.47 Å². The van der Waals surface area contributed by atoms with Gasteiger partial charge in [0.05, 0.1) is 26.7 Å². The van der Waals surface area contributed by atoms with Gasteiger partial charge >= 0.3 is 5.97 Å². The van der Waals surface area contributed by atoms with Crippen LogP contribution in [0.15, 0.2) is 42.5 Å². The van der Waals surface area contributed by atoms with Gasteiger partial charge in [-0.3, -0.25) is 4.79 Å². The Morgan fingerprint density at radius 2 is 1.84 bits per heavy atom. The van der Waals surface area contributed by atoms with Gasteiger partial charge < -0.3 is 19.3 Å². The highest BCUT2D eigenvalue weighted by atomic mass is 32.2. The van der Waals surface area contributed by atoms with Gasteiger partial charge in [-0.05, 0) is 36.0 Å². The Bertz CT molecular complexity index is 863. The fourth-order valence-corrected chi connectivity index (χ4v) is 5.13. The van der Waals surface area contributed by atoms with E-state index < -0.39 is 6.10 Å². The Morgan fingerprint density at radius 3 is 2.59 bits per heavy atom.